The van der Waals surface area contributed by atoms with Gasteiger partial charge in [0.15, 0.2) is 0 Å². The van der Waals surface area contributed by atoms with Crippen LogP contribution in [-0.4, -0.2) is 53.5 Å². The Hall–Kier alpha value is -3.15. The van der Waals surface area contributed by atoms with Crippen molar-refractivity contribution in [2.24, 2.45) is 0 Å². The van der Waals surface area contributed by atoms with E-state index < -0.39 is 0 Å². The van der Waals surface area contributed by atoms with Gasteiger partial charge in [-0.05, 0) is 30.7 Å². The molecule has 2 heterocycles. The Morgan fingerprint density at radius 3 is 2.57 bits per heavy atom. The van der Waals surface area contributed by atoms with E-state index in [2.05, 4.69) is 20.2 Å². The molecule has 6 nitrogen and oxygen atoms in total. The number of rotatable bonds is 4. The second-order valence-corrected chi connectivity index (χ2v) is 7.03. The predicted molar refractivity (Wildman–Crippen MR) is 113 cm³/mol. The fourth-order valence-corrected chi connectivity index (χ4v) is 3.67. The molecule has 1 aliphatic rings. The van der Waals surface area contributed by atoms with Gasteiger partial charge in [0.1, 0.15) is 5.82 Å². The van der Waals surface area contributed by atoms with E-state index in [1.165, 1.54) is 0 Å². The molecule has 1 saturated heterocycles. The summed E-state index contributed by atoms with van der Waals surface area (Å²) in [6.07, 6.45) is 0. The number of aryl methyl sites for hydroxylation is 1. The van der Waals surface area contributed by atoms with Crippen LogP contribution >= 0.6 is 0 Å². The zero-order chi connectivity index (χ0) is 19.5. The molecule has 1 aromatic heterocycles. The number of aromatic nitrogens is 2. The Morgan fingerprint density at radius 1 is 1.04 bits per heavy atom. The van der Waals surface area contributed by atoms with Gasteiger partial charge in [0, 0.05) is 50.0 Å². The fourth-order valence-electron chi connectivity index (χ4n) is 3.67. The zero-order valence-corrected chi connectivity index (χ0v) is 16.4. The third kappa shape index (κ3) is 3.63. The summed E-state index contributed by atoms with van der Waals surface area (Å²) in [5.41, 5.74) is 1.72. The van der Waals surface area contributed by atoms with Crippen molar-refractivity contribution in [3.05, 3.63) is 59.8 Å². The van der Waals surface area contributed by atoms with Gasteiger partial charge in [0.25, 0.3) is 5.91 Å². The van der Waals surface area contributed by atoms with E-state index >= 15 is 0 Å². The van der Waals surface area contributed by atoms with Gasteiger partial charge < -0.3 is 15.1 Å². The van der Waals surface area contributed by atoms with Gasteiger partial charge in [-0.15, -0.1) is 0 Å². The first-order valence-electron chi connectivity index (χ1n) is 9.77. The van der Waals surface area contributed by atoms with Crippen molar-refractivity contribution in [3.63, 3.8) is 0 Å². The molecule has 28 heavy (non-hydrogen) atoms. The van der Waals surface area contributed by atoms with Crippen LogP contribution in [0.5, 0.6) is 0 Å². The molecule has 1 N–H and O–H groups in total. The summed E-state index contributed by atoms with van der Waals surface area (Å²) in [5.74, 6) is 1.68. The summed E-state index contributed by atoms with van der Waals surface area (Å²) in [5, 5.41) is 5.29. The molecule has 4 rings (SSSR count). The minimum atomic E-state index is 0.101. The zero-order valence-electron chi connectivity index (χ0n) is 16.4. The number of nitrogens with zero attached hydrogens (tertiary/aromatic N) is 4. The Bertz CT molecular complexity index is 990. The first-order chi connectivity index (χ1) is 13.7. The van der Waals surface area contributed by atoms with E-state index in [9.17, 15) is 4.79 Å². The first-order valence-corrected chi connectivity index (χ1v) is 9.77. The smallest absolute Gasteiger partial charge is 0.254 e. The molecule has 6 heteroatoms. The van der Waals surface area contributed by atoms with Crippen LogP contribution in [0.2, 0.25) is 0 Å². The van der Waals surface area contributed by atoms with Crippen molar-refractivity contribution in [1.82, 2.24) is 14.9 Å². The lowest BCUT2D eigenvalue weighted by Crippen LogP contribution is -2.49. The number of carbonyl (C=O) groups excluding carboxylic acids is 1. The summed E-state index contributed by atoms with van der Waals surface area (Å²) < 4.78 is 0. The van der Waals surface area contributed by atoms with Gasteiger partial charge in [-0.25, -0.2) is 4.98 Å². The number of fused-ring (bicyclic) bond motifs is 1. The molecule has 2 aromatic carbocycles. The van der Waals surface area contributed by atoms with Crippen molar-refractivity contribution in [2.45, 2.75) is 13.8 Å². The number of hydrogen-bond acceptors (Lipinski definition) is 5. The largest absolute Gasteiger partial charge is 0.354 e. The van der Waals surface area contributed by atoms with Gasteiger partial charge in [-0.1, -0.05) is 36.4 Å². The van der Waals surface area contributed by atoms with Crippen LogP contribution in [0.4, 0.5) is 11.8 Å². The number of amides is 1. The Balaban J connectivity index is 1.49. The van der Waals surface area contributed by atoms with Crippen LogP contribution in [0.3, 0.4) is 0 Å². The van der Waals surface area contributed by atoms with E-state index in [1.54, 1.807) is 0 Å². The molecule has 0 aliphatic carbocycles. The Kier molecular flexibility index (Phi) is 5.10. The van der Waals surface area contributed by atoms with Gasteiger partial charge in [0.2, 0.25) is 5.95 Å². The van der Waals surface area contributed by atoms with E-state index in [0.29, 0.717) is 19.0 Å². The standard InChI is InChI=1S/C22H25N5O/c1-3-23-22-24-16(2)15-20(25-22)26-11-13-27(14-12-26)21(28)19-10-6-8-17-7-4-5-9-18(17)19/h4-10,15H,3,11-14H2,1-2H3,(H,23,24,25). The van der Waals surface area contributed by atoms with Crippen LogP contribution in [0.15, 0.2) is 48.5 Å². The molecule has 0 radical (unpaired) electrons. The number of benzene rings is 2. The highest BCUT2D eigenvalue weighted by Crippen LogP contribution is 2.22. The molecular weight excluding hydrogens is 350 g/mol. The minimum absolute atomic E-state index is 0.101. The molecule has 3 aromatic rings. The van der Waals surface area contributed by atoms with E-state index in [0.717, 1.165) is 47.5 Å². The number of nitrogens with one attached hydrogen (secondary N) is 1. The average molecular weight is 375 g/mol. The Labute approximate surface area is 165 Å². The summed E-state index contributed by atoms with van der Waals surface area (Å²) in [6, 6.07) is 16.0. The summed E-state index contributed by atoms with van der Waals surface area (Å²) >= 11 is 0. The highest BCUT2D eigenvalue weighted by Gasteiger charge is 2.24. The maximum atomic E-state index is 13.1. The third-order valence-electron chi connectivity index (χ3n) is 5.09. The Morgan fingerprint density at radius 2 is 1.79 bits per heavy atom. The SMILES string of the molecule is CCNc1nc(C)cc(N2CCN(C(=O)c3cccc4ccccc34)CC2)n1. The molecule has 1 amide bonds. The molecule has 144 valence electrons. The highest BCUT2D eigenvalue weighted by atomic mass is 16.2. The van der Waals surface area contributed by atoms with Crippen LogP contribution in [-0.2, 0) is 0 Å². The quantitative estimate of drug-likeness (QED) is 0.758. The lowest BCUT2D eigenvalue weighted by molar-refractivity contribution is 0.0748. The van der Waals surface area contributed by atoms with E-state index in [4.69, 9.17) is 0 Å². The first kappa shape index (κ1) is 18.2. The lowest BCUT2D eigenvalue weighted by atomic mass is 10.0. The molecule has 0 atom stereocenters. The molecule has 1 aliphatic heterocycles. The number of carbonyl (C=O) groups is 1. The number of hydrogen-bond donors (Lipinski definition) is 1. The van der Waals surface area contributed by atoms with Crippen LogP contribution in [0.25, 0.3) is 10.8 Å². The van der Waals surface area contributed by atoms with Gasteiger partial charge >= 0.3 is 0 Å². The molecule has 0 bridgehead atoms. The second kappa shape index (κ2) is 7.84. The van der Waals surface area contributed by atoms with E-state index in [1.807, 2.05) is 67.3 Å². The van der Waals surface area contributed by atoms with Crippen LogP contribution in [0.1, 0.15) is 23.0 Å². The van der Waals surface area contributed by atoms with Crippen LogP contribution < -0.4 is 10.2 Å². The van der Waals surface area contributed by atoms with Gasteiger partial charge in [-0.2, -0.15) is 4.98 Å². The number of anilines is 2. The fraction of sp³-hybridized carbons (Fsp3) is 0.318. The maximum absolute atomic E-state index is 13.1. The number of piperazine rings is 1. The monoisotopic (exact) mass is 375 g/mol. The average Bonchev–Trinajstić information content (AvgIpc) is 2.73. The third-order valence-corrected chi connectivity index (χ3v) is 5.09. The molecular formula is C22H25N5O. The van der Waals surface area contributed by atoms with Crippen molar-refractivity contribution >= 4 is 28.4 Å². The molecule has 0 spiro atoms. The summed E-state index contributed by atoms with van der Waals surface area (Å²) in [4.78, 5) is 26.3. The highest BCUT2D eigenvalue weighted by molar-refractivity contribution is 6.07. The minimum Gasteiger partial charge on any atom is -0.354 e. The molecule has 1 fully saturated rings. The van der Waals surface area contributed by atoms with Gasteiger partial charge in [0.05, 0.1) is 0 Å². The van der Waals surface area contributed by atoms with Crippen molar-refractivity contribution < 1.29 is 4.79 Å². The summed E-state index contributed by atoms with van der Waals surface area (Å²) in [6.45, 7) is 7.69. The second-order valence-electron chi connectivity index (χ2n) is 7.03. The van der Waals surface area contributed by atoms with Gasteiger partial charge in [-0.3, -0.25) is 4.79 Å². The summed E-state index contributed by atoms with van der Waals surface area (Å²) in [7, 11) is 0. The normalized spacial score (nSPS) is 14.4. The lowest BCUT2D eigenvalue weighted by Gasteiger charge is -2.35. The topological polar surface area (TPSA) is 61.4 Å². The van der Waals surface area contributed by atoms with Crippen LogP contribution in [0, 0.1) is 6.92 Å². The van der Waals surface area contributed by atoms with E-state index in [-0.39, 0.29) is 5.91 Å². The van der Waals surface area contributed by atoms with Crippen molar-refractivity contribution in [1.29, 1.82) is 0 Å². The molecule has 0 saturated carbocycles. The molecule has 0 unspecified atom stereocenters. The predicted octanol–water partition coefficient (Wildman–Crippen LogP) is 3.33. The van der Waals surface area contributed by atoms with Crippen molar-refractivity contribution in [2.75, 3.05) is 42.9 Å². The van der Waals surface area contributed by atoms with Crippen molar-refractivity contribution in [3.8, 4) is 0 Å². The maximum Gasteiger partial charge on any atom is 0.254 e.